The van der Waals surface area contributed by atoms with Crippen LogP contribution < -0.4 is 10.2 Å². The van der Waals surface area contributed by atoms with Crippen molar-refractivity contribution in [3.63, 3.8) is 0 Å². The fraction of sp³-hybridized carbons (Fsp3) is 0.462. The second-order valence-corrected chi connectivity index (χ2v) is 5.49. The molecule has 89 valence electrons. The summed E-state index contributed by atoms with van der Waals surface area (Å²) in [5.41, 5.74) is 1.11. The average Bonchev–Trinajstić information content (AvgIpc) is 2.82. The molecule has 1 aliphatic heterocycles. The first-order valence-corrected chi connectivity index (χ1v) is 6.88. The van der Waals surface area contributed by atoms with Gasteiger partial charge in [0.05, 0.1) is 10.2 Å². The van der Waals surface area contributed by atoms with Crippen molar-refractivity contribution in [1.29, 1.82) is 0 Å². The summed E-state index contributed by atoms with van der Waals surface area (Å²) < 4.78 is 1.27. The summed E-state index contributed by atoms with van der Waals surface area (Å²) >= 11 is 1.78. The monoisotopic (exact) mass is 246 g/mol. The van der Waals surface area contributed by atoms with E-state index in [2.05, 4.69) is 35.5 Å². The lowest BCUT2D eigenvalue weighted by Gasteiger charge is -2.30. The number of hydrogen-bond acceptors (Lipinski definition) is 3. The zero-order chi connectivity index (χ0) is 11.7. The Labute approximate surface area is 105 Å². The van der Waals surface area contributed by atoms with E-state index in [-0.39, 0.29) is 0 Å². The molecule has 17 heavy (non-hydrogen) atoms. The molecule has 2 heterocycles. The van der Waals surface area contributed by atoms with Crippen LogP contribution in [0.5, 0.6) is 0 Å². The van der Waals surface area contributed by atoms with Gasteiger partial charge in [-0.3, -0.25) is 0 Å². The largest absolute Gasteiger partial charge is 0.348 e. The molecule has 1 fully saturated rings. The molecule has 3 nitrogen and oxygen atoms in total. The van der Waals surface area contributed by atoms with Crippen LogP contribution in [0.15, 0.2) is 24.3 Å². The molecule has 1 aromatic carbocycles. The number of benzene rings is 1. The van der Waals surface area contributed by atoms with Crippen molar-refractivity contribution in [3.05, 3.63) is 24.3 Å². The Morgan fingerprint density at radius 1 is 1.24 bits per heavy atom. The maximum Gasteiger partial charge on any atom is 0.186 e. The first kappa shape index (κ1) is 11.0. The van der Waals surface area contributed by atoms with E-state index in [0.717, 1.165) is 36.6 Å². The SMILES string of the molecule is CN(c1nc2ccccc2s1)C1CC[N]CC1. The fourth-order valence-corrected chi connectivity index (χ4v) is 3.29. The number of aromatic nitrogens is 1. The molecule has 0 bridgehead atoms. The van der Waals surface area contributed by atoms with Crippen molar-refractivity contribution in [2.75, 3.05) is 25.0 Å². The van der Waals surface area contributed by atoms with E-state index in [1.807, 2.05) is 6.07 Å². The number of thiazole rings is 1. The molecule has 0 amide bonds. The van der Waals surface area contributed by atoms with E-state index in [1.165, 1.54) is 4.70 Å². The third-order valence-electron chi connectivity index (χ3n) is 3.37. The topological polar surface area (TPSA) is 30.2 Å². The van der Waals surface area contributed by atoms with E-state index in [0.29, 0.717) is 6.04 Å². The normalized spacial score (nSPS) is 17.5. The molecule has 2 aromatic rings. The van der Waals surface area contributed by atoms with Crippen molar-refractivity contribution in [1.82, 2.24) is 10.3 Å². The number of rotatable bonds is 2. The molecule has 3 rings (SSSR count). The highest BCUT2D eigenvalue weighted by atomic mass is 32.1. The molecular formula is C13H16N3S. The molecule has 0 aliphatic carbocycles. The predicted octanol–water partition coefficient (Wildman–Crippen LogP) is 2.50. The minimum Gasteiger partial charge on any atom is -0.348 e. The Bertz CT molecular complexity index is 469. The number of para-hydroxylation sites is 1. The Balaban J connectivity index is 1.86. The summed E-state index contributed by atoms with van der Waals surface area (Å²) in [4.78, 5) is 7.03. The van der Waals surface area contributed by atoms with E-state index in [1.54, 1.807) is 11.3 Å². The van der Waals surface area contributed by atoms with Crippen LogP contribution in [0.25, 0.3) is 10.2 Å². The summed E-state index contributed by atoms with van der Waals surface area (Å²) in [7, 11) is 2.16. The molecule has 1 saturated heterocycles. The summed E-state index contributed by atoms with van der Waals surface area (Å²) in [6.45, 7) is 2.00. The van der Waals surface area contributed by atoms with Gasteiger partial charge in [0.1, 0.15) is 0 Å². The summed E-state index contributed by atoms with van der Waals surface area (Å²) in [5.74, 6) is 0. The van der Waals surface area contributed by atoms with E-state index in [4.69, 9.17) is 4.98 Å². The van der Waals surface area contributed by atoms with Gasteiger partial charge >= 0.3 is 0 Å². The van der Waals surface area contributed by atoms with Gasteiger partial charge in [0, 0.05) is 26.2 Å². The van der Waals surface area contributed by atoms with E-state index < -0.39 is 0 Å². The van der Waals surface area contributed by atoms with Gasteiger partial charge in [-0.1, -0.05) is 23.5 Å². The Morgan fingerprint density at radius 2 is 2.00 bits per heavy atom. The van der Waals surface area contributed by atoms with Crippen LogP contribution in [0.2, 0.25) is 0 Å². The summed E-state index contributed by atoms with van der Waals surface area (Å²) in [5, 5.41) is 5.54. The fourth-order valence-electron chi connectivity index (χ4n) is 2.29. The lowest BCUT2D eigenvalue weighted by molar-refractivity contribution is 0.437. The van der Waals surface area contributed by atoms with Crippen molar-refractivity contribution >= 4 is 26.7 Å². The van der Waals surface area contributed by atoms with Crippen LogP contribution in [0, 0.1) is 0 Å². The average molecular weight is 246 g/mol. The molecule has 0 atom stereocenters. The number of piperidine rings is 1. The maximum absolute atomic E-state index is 4.70. The van der Waals surface area contributed by atoms with Gasteiger partial charge in [-0.2, -0.15) is 0 Å². The molecule has 1 aromatic heterocycles. The quantitative estimate of drug-likeness (QED) is 0.815. The van der Waals surface area contributed by atoms with E-state index in [9.17, 15) is 0 Å². The Hall–Kier alpha value is -1.13. The highest BCUT2D eigenvalue weighted by Crippen LogP contribution is 2.30. The van der Waals surface area contributed by atoms with Crippen LogP contribution in [0.3, 0.4) is 0 Å². The van der Waals surface area contributed by atoms with Gasteiger partial charge in [0.15, 0.2) is 5.13 Å². The van der Waals surface area contributed by atoms with Gasteiger partial charge in [-0.15, -0.1) is 0 Å². The lowest BCUT2D eigenvalue weighted by atomic mass is 10.1. The molecule has 0 N–H and O–H groups in total. The second-order valence-electron chi connectivity index (χ2n) is 4.48. The highest BCUT2D eigenvalue weighted by molar-refractivity contribution is 7.22. The number of fused-ring (bicyclic) bond motifs is 1. The Kier molecular flexibility index (Phi) is 2.99. The number of nitrogens with zero attached hydrogens (tertiary/aromatic N) is 3. The zero-order valence-corrected chi connectivity index (χ0v) is 10.8. The summed E-state index contributed by atoms with van der Waals surface area (Å²) in [6, 6.07) is 8.95. The van der Waals surface area contributed by atoms with Crippen molar-refractivity contribution in [2.24, 2.45) is 0 Å². The number of anilines is 1. The van der Waals surface area contributed by atoms with Crippen molar-refractivity contribution in [3.8, 4) is 0 Å². The standard InChI is InChI=1S/C13H16N3S/c1-16(10-6-8-14-9-7-10)13-15-11-4-2-3-5-12(11)17-13/h2-5,10H,6-9H2,1H3. The lowest BCUT2D eigenvalue weighted by Crippen LogP contribution is -2.38. The molecule has 0 unspecified atom stereocenters. The van der Waals surface area contributed by atoms with Gasteiger partial charge < -0.3 is 4.90 Å². The molecule has 1 radical (unpaired) electrons. The first-order chi connectivity index (χ1) is 8.34. The minimum absolute atomic E-state index is 0.605. The number of hydrogen-bond donors (Lipinski definition) is 0. The molecule has 0 saturated carbocycles. The van der Waals surface area contributed by atoms with E-state index >= 15 is 0 Å². The van der Waals surface area contributed by atoms with Crippen LogP contribution >= 0.6 is 11.3 Å². The summed E-state index contributed by atoms with van der Waals surface area (Å²) in [6.07, 6.45) is 2.32. The smallest absolute Gasteiger partial charge is 0.186 e. The second kappa shape index (κ2) is 4.63. The van der Waals surface area contributed by atoms with Crippen molar-refractivity contribution < 1.29 is 0 Å². The minimum atomic E-state index is 0.605. The first-order valence-electron chi connectivity index (χ1n) is 6.06. The maximum atomic E-state index is 4.70. The van der Waals surface area contributed by atoms with Crippen LogP contribution in [0.4, 0.5) is 5.13 Å². The molecule has 0 spiro atoms. The molecule has 1 aliphatic rings. The van der Waals surface area contributed by atoms with Gasteiger partial charge in [0.25, 0.3) is 0 Å². The third-order valence-corrected chi connectivity index (χ3v) is 4.50. The van der Waals surface area contributed by atoms with Crippen LogP contribution in [-0.2, 0) is 0 Å². The van der Waals surface area contributed by atoms with Gasteiger partial charge in [-0.05, 0) is 25.0 Å². The highest BCUT2D eigenvalue weighted by Gasteiger charge is 2.20. The van der Waals surface area contributed by atoms with Crippen molar-refractivity contribution in [2.45, 2.75) is 18.9 Å². The zero-order valence-electron chi connectivity index (χ0n) is 9.97. The van der Waals surface area contributed by atoms with Gasteiger partial charge in [-0.25, -0.2) is 10.3 Å². The van der Waals surface area contributed by atoms with Crippen LogP contribution in [-0.4, -0.2) is 31.2 Å². The molecule has 4 heteroatoms. The third kappa shape index (κ3) is 2.15. The predicted molar refractivity (Wildman–Crippen MR) is 72.9 cm³/mol. The van der Waals surface area contributed by atoms with Crippen LogP contribution in [0.1, 0.15) is 12.8 Å². The molecular weight excluding hydrogens is 230 g/mol. The van der Waals surface area contributed by atoms with Gasteiger partial charge in [0.2, 0.25) is 0 Å². The Morgan fingerprint density at radius 3 is 2.76 bits per heavy atom.